The monoisotopic (exact) mass is 300 g/mol. The van der Waals surface area contributed by atoms with Crippen LogP contribution in [0.5, 0.6) is 0 Å². The number of rotatable bonds is 4. The molecular formula is C13H20N2O2S2. The van der Waals surface area contributed by atoms with Crippen LogP contribution in [0.25, 0.3) is 0 Å². The van der Waals surface area contributed by atoms with Crippen molar-refractivity contribution in [2.24, 2.45) is 0 Å². The van der Waals surface area contributed by atoms with Crippen LogP contribution in [0.15, 0.2) is 5.38 Å². The van der Waals surface area contributed by atoms with Gasteiger partial charge in [0.25, 0.3) is 0 Å². The molecule has 1 atom stereocenters. The minimum Gasteiger partial charge on any atom is -0.481 e. The average molecular weight is 300 g/mol. The minimum absolute atomic E-state index is 0.659. The first-order valence-electron chi connectivity index (χ1n) is 6.51. The van der Waals surface area contributed by atoms with Crippen LogP contribution in [-0.2, 0) is 10.2 Å². The van der Waals surface area contributed by atoms with E-state index in [2.05, 4.69) is 16.8 Å². The van der Waals surface area contributed by atoms with Gasteiger partial charge in [0.15, 0.2) is 5.13 Å². The molecule has 0 amide bonds. The summed E-state index contributed by atoms with van der Waals surface area (Å²) in [6.07, 6.45) is 1.17. The van der Waals surface area contributed by atoms with Crippen LogP contribution in [-0.4, -0.2) is 40.2 Å². The van der Waals surface area contributed by atoms with Crippen molar-refractivity contribution in [1.82, 2.24) is 4.98 Å². The zero-order valence-corrected chi connectivity index (χ0v) is 13.2. The molecule has 0 aromatic carbocycles. The largest absolute Gasteiger partial charge is 0.481 e. The molecule has 1 fully saturated rings. The van der Waals surface area contributed by atoms with Crippen molar-refractivity contribution >= 4 is 34.2 Å². The maximum absolute atomic E-state index is 11.3. The first-order chi connectivity index (χ1) is 8.95. The van der Waals surface area contributed by atoms with Crippen molar-refractivity contribution in [3.63, 3.8) is 0 Å². The number of aliphatic carboxylic acids is 1. The lowest BCUT2D eigenvalue weighted by Gasteiger charge is -2.31. The molecule has 1 aromatic heterocycles. The number of nitrogens with zero attached hydrogens (tertiary/aromatic N) is 2. The summed E-state index contributed by atoms with van der Waals surface area (Å²) in [7, 11) is 0. The van der Waals surface area contributed by atoms with Gasteiger partial charge in [-0.25, -0.2) is 4.98 Å². The predicted octanol–water partition coefficient (Wildman–Crippen LogP) is 2.84. The molecule has 106 valence electrons. The van der Waals surface area contributed by atoms with Gasteiger partial charge in [-0.2, -0.15) is 11.8 Å². The van der Waals surface area contributed by atoms with E-state index in [0.717, 1.165) is 24.0 Å². The van der Waals surface area contributed by atoms with Gasteiger partial charge in [0.2, 0.25) is 0 Å². The summed E-state index contributed by atoms with van der Waals surface area (Å²) < 4.78 is 0. The van der Waals surface area contributed by atoms with E-state index in [-0.39, 0.29) is 0 Å². The van der Waals surface area contributed by atoms with Crippen LogP contribution in [0.1, 0.15) is 32.9 Å². The third kappa shape index (κ3) is 3.05. The van der Waals surface area contributed by atoms with Crippen molar-refractivity contribution < 1.29 is 9.90 Å². The SMILES string of the molecule is CCC1CN(c2nc(C(C)(C)C(=O)O)cs2)CCS1. The Morgan fingerprint density at radius 2 is 2.37 bits per heavy atom. The maximum Gasteiger partial charge on any atom is 0.315 e. The summed E-state index contributed by atoms with van der Waals surface area (Å²) in [5.74, 6) is 0.292. The van der Waals surface area contributed by atoms with Crippen molar-refractivity contribution in [2.45, 2.75) is 37.9 Å². The normalized spacial score (nSPS) is 20.6. The second-order valence-corrected chi connectivity index (χ2v) is 7.54. The highest BCUT2D eigenvalue weighted by atomic mass is 32.2. The Labute approximate surface area is 122 Å². The Balaban J connectivity index is 2.15. The first-order valence-corrected chi connectivity index (χ1v) is 8.44. The van der Waals surface area contributed by atoms with E-state index in [4.69, 9.17) is 0 Å². The zero-order valence-electron chi connectivity index (χ0n) is 11.5. The van der Waals surface area contributed by atoms with E-state index >= 15 is 0 Å². The van der Waals surface area contributed by atoms with Gasteiger partial charge in [-0.15, -0.1) is 11.3 Å². The third-order valence-corrected chi connectivity index (χ3v) is 5.81. The van der Waals surface area contributed by atoms with Crippen LogP contribution in [0.2, 0.25) is 0 Å². The number of carbonyl (C=O) groups is 1. The standard InChI is InChI=1S/C13H20N2O2S2/c1-4-9-7-15(5-6-18-9)12-14-10(8-19-12)13(2,3)11(16)17/h8-9H,4-7H2,1-3H3,(H,16,17). The fraction of sp³-hybridized carbons (Fsp3) is 0.692. The van der Waals surface area contributed by atoms with Gasteiger partial charge in [-0.05, 0) is 20.3 Å². The Bertz CT molecular complexity index is 459. The molecule has 4 nitrogen and oxygen atoms in total. The van der Waals surface area contributed by atoms with Crippen molar-refractivity contribution in [1.29, 1.82) is 0 Å². The summed E-state index contributed by atoms with van der Waals surface area (Å²) >= 11 is 3.58. The second-order valence-electron chi connectivity index (χ2n) is 5.29. The molecule has 1 aliphatic rings. The molecule has 1 saturated heterocycles. The Morgan fingerprint density at radius 3 is 3.00 bits per heavy atom. The highest BCUT2D eigenvalue weighted by Crippen LogP contribution is 2.32. The quantitative estimate of drug-likeness (QED) is 0.926. The van der Waals surface area contributed by atoms with Crippen molar-refractivity contribution in [2.75, 3.05) is 23.7 Å². The molecule has 2 heterocycles. The number of hydrogen-bond acceptors (Lipinski definition) is 5. The Morgan fingerprint density at radius 1 is 1.63 bits per heavy atom. The molecule has 1 N–H and O–H groups in total. The van der Waals surface area contributed by atoms with Gasteiger partial charge in [0.1, 0.15) is 5.41 Å². The zero-order chi connectivity index (χ0) is 14.0. The van der Waals surface area contributed by atoms with Crippen LogP contribution in [0.4, 0.5) is 5.13 Å². The molecule has 0 radical (unpaired) electrons. The van der Waals surface area contributed by atoms with Crippen molar-refractivity contribution in [3.05, 3.63) is 11.1 Å². The number of aromatic nitrogens is 1. The Hall–Kier alpha value is -0.750. The number of carboxylic acids is 1. The summed E-state index contributed by atoms with van der Waals surface area (Å²) in [5.41, 5.74) is -0.255. The van der Waals surface area contributed by atoms with Crippen LogP contribution in [0.3, 0.4) is 0 Å². The fourth-order valence-corrected chi connectivity index (χ4v) is 4.16. The lowest BCUT2D eigenvalue weighted by atomic mass is 9.90. The second kappa shape index (κ2) is 5.71. The molecule has 19 heavy (non-hydrogen) atoms. The smallest absolute Gasteiger partial charge is 0.315 e. The predicted molar refractivity (Wildman–Crippen MR) is 81.5 cm³/mol. The average Bonchev–Trinajstić information content (AvgIpc) is 2.89. The summed E-state index contributed by atoms with van der Waals surface area (Å²) in [5, 5.41) is 12.7. The lowest BCUT2D eigenvalue weighted by molar-refractivity contribution is -0.142. The van der Waals surface area contributed by atoms with Gasteiger partial charge in [0.05, 0.1) is 5.69 Å². The van der Waals surface area contributed by atoms with Gasteiger partial charge >= 0.3 is 5.97 Å². The molecule has 0 aliphatic carbocycles. The third-order valence-electron chi connectivity index (χ3n) is 3.53. The topological polar surface area (TPSA) is 53.4 Å². The molecule has 6 heteroatoms. The molecule has 0 bridgehead atoms. The van der Waals surface area contributed by atoms with Crippen molar-refractivity contribution in [3.8, 4) is 0 Å². The summed E-state index contributed by atoms with van der Waals surface area (Å²) in [6.45, 7) is 7.63. The summed E-state index contributed by atoms with van der Waals surface area (Å²) in [4.78, 5) is 18.1. The number of thioether (sulfide) groups is 1. The number of anilines is 1. The van der Waals surface area contributed by atoms with Crippen LogP contribution < -0.4 is 4.90 Å². The van der Waals surface area contributed by atoms with E-state index in [1.807, 2.05) is 17.1 Å². The van der Waals surface area contributed by atoms with Crippen LogP contribution in [0, 0.1) is 0 Å². The summed E-state index contributed by atoms with van der Waals surface area (Å²) in [6, 6.07) is 0. The molecule has 1 aliphatic heterocycles. The Kier molecular flexibility index (Phi) is 4.40. The van der Waals surface area contributed by atoms with Gasteiger partial charge < -0.3 is 10.0 Å². The van der Waals surface area contributed by atoms with E-state index in [1.54, 1.807) is 25.2 Å². The highest BCUT2D eigenvalue weighted by Gasteiger charge is 2.33. The molecular weight excluding hydrogens is 280 g/mol. The number of carboxylic acid groups (broad SMARTS) is 1. The van der Waals surface area contributed by atoms with Gasteiger partial charge in [-0.1, -0.05) is 6.92 Å². The van der Waals surface area contributed by atoms with Crippen LogP contribution >= 0.6 is 23.1 Å². The van der Waals surface area contributed by atoms with E-state index < -0.39 is 11.4 Å². The van der Waals surface area contributed by atoms with Gasteiger partial charge in [-0.3, -0.25) is 4.79 Å². The molecule has 1 unspecified atom stereocenters. The molecule has 0 saturated carbocycles. The lowest BCUT2D eigenvalue weighted by Crippen LogP contribution is -2.37. The maximum atomic E-state index is 11.3. The molecule has 0 spiro atoms. The van der Waals surface area contributed by atoms with Gasteiger partial charge in [0, 0.05) is 29.5 Å². The fourth-order valence-electron chi connectivity index (χ4n) is 1.95. The molecule has 1 aromatic rings. The molecule has 2 rings (SSSR count). The highest BCUT2D eigenvalue weighted by molar-refractivity contribution is 8.00. The first kappa shape index (κ1) is 14.7. The van der Waals surface area contributed by atoms with E-state index in [9.17, 15) is 9.90 Å². The minimum atomic E-state index is -0.913. The van der Waals surface area contributed by atoms with E-state index in [0.29, 0.717) is 10.9 Å². The van der Waals surface area contributed by atoms with E-state index in [1.165, 1.54) is 6.42 Å². The number of thiazole rings is 1. The number of hydrogen-bond donors (Lipinski definition) is 1.